The lowest BCUT2D eigenvalue weighted by atomic mass is 10.1. The van der Waals surface area contributed by atoms with Crippen LogP contribution in [0.2, 0.25) is 0 Å². The Balaban J connectivity index is 1.78. The summed E-state index contributed by atoms with van der Waals surface area (Å²) in [6.07, 6.45) is 3.73. The van der Waals surface area contributed by atoms with Crippen LogP contribution in [0.5, 0.6) is 5.75 Å². The molecule has 6 heteroatoms. The Bertz CT molecular complexity index is 537. The number of hydrogen-bond acceptors (Lipinski definition) is 4. The maximum atomic E-state index is 11.9. The summed E-state index contributed by atoms with van der Waals surface area (Å²) >= 11 is 0. The predicted molar refractivity (Wildman–Crippen MR) is 74.4 cm³/mol. The Hall–Kier alpha value is -2.37. The van der Waals surface area contributed by atoms with Crippen molar-refractivity contribution in [1.82, 2.24) is 20.1 Å². The summed E-state index contributed by atoms with van der Waals surface area (Å²) in [5, 5.41) is 6.84. The molecule has 0 saturated carbocycles. The van der Waals surface area contributed by atoms with Gasteiger partial charge in [-0.15, -0.1) is 0 Å². The second-order valence-electron chi connectivity index (χ2n) is 4.44. The van der Waals surface area contributed by atoms with Crippen molar-refractivity contribution in [2.75, 3.05) is 13.7 Å². The van der Waals surface area contributed by atoms with E-state index in [2.05, 4.69) is 15.4 Å². The third-order valence-electron chi connectivity index (χ3n) is 3.08. The first-order chi connectivity index (χ1) is 9.70. The molecule has 0 unspecified atom stereocenters. The van der Waals surface area contributed by atoms with Crippen molar-refractivity contribution in [3.8, 4) is 5.75 Å². The average Bonchev–Trinajstić information content (AvgIpc) is 3.01. The van der Waals surface area contributed by atoms with Crippen LogP contribution >= 0.6 is 0 Å². The van der Waals surface area contributed by atoms with Crippen LogP contribution < -0.4 is 10.1 Å². The molecule has 1 aromatic carbocycles. The summed E-state index contributed by atoms with van der Waals surface area (Å²) in [6.45, 7) is 2.38. The van der Waals surface area contributed by atoms with Crippen molar-refractivity contribution in [1.29, 1.82) is 0 Å². The zero-order valence-electron chi connectivity index (χ0n) is 11.6. The standard InChI is InChI=1S/C14H18N4O2/c1-11(18-10-15-9-17-18)14(19)16-8-7-12-3-5-13(20-2)6-4-12/h3-6,9-11H,7-8H2,1-2H3,(H,16,19)/t11-/m1/s1. The summed E-state index contributed by atoms with van der Waals surface area (Å²) in [5.41, 5.74) is 1.15. The Morgan fingerprint density at radius 2 is 2.15 bits per heavy atom. The van der Waals surface area contributed by atoms with E-state index in [-0.39, 0.29) is 11.9 Å². The van der Waals surface area contributed by atoms with Crippen LogP contribution in [0.1, 0.15) is 18.5 Å². The van der Waals surface area contributed by atoms with Gasteiger partial charge in [0.05, 0.1) is 7.11 Å². The van der Waals surface area contributed by atoms with Crippen LogP contribution in [0.4, 0.5) is 0 Å². The number of aromatic nitrogens is 3. The van der Waals surface area contributed by atoms with Crippen LogP contribution in [0, 0.1) is 0 Å². The highest BCUT2D eigenvalue weighted by atomic mass is 16.5. The number of nitrogens with zero attached hydrogens (tertiary/aromatic N) is 3. The molecule has 2 aromatic rings. The first kappa shape index (κ1) is 14.0. The molecule has 1 N–H and O–H groups in total. The molecular formula is C14H18N4O2. The van der Waals surface area contributed by atoms with E-state index in [1.54, 1.807) is 14.0 Å². The number of nitrogens with one attached hydrogen (secondary N) is 1. The summed E-state index contributed by atoms with van der Waals surface area (Å²) in [7, 11) is 1.64. The smallest absolute Gasteiger partial charge is 0.244 e. The highest BCUT2D eigenvalue weighted by Gasteiger charge is 2.14. The molecule has 0 radical (unpaired) electrons. The van der Waals surface area contributed by atoms with E-state index in [0.717, 1.165) is 17.7 Å². The second kappa shape index (κ2) is 6.70. The van der Waals surface area contributed by atoms with Gasteiger partial charge in [-0.3, -0.25) is 4.79 Å². The molecule has 0 aliphatic heterocycles. The number of carbonyl (C=O) groups excluding carboxylic acids is 1. The Kier molecular flexibility index (Phi) is 4.70. The summed E-state index contributed by atoms with van der Waals surface area (Å²) < 4.78 is 6.63. The molecular weight excluding hydrogens is 256 g/mol. The molecule has 106 valence electrons. The molecule has 1 aromatic heterocycles. The minimum absolute atomic E-state index is 0.0657. The number of rotatable bonds is 6. The van der Waals surface area contributed by atoms with Crippen molar-refractivity contribution in [3.63, 3.8) is 0 Å². The Morgan fingerprint density at radius 3 is 2.75 bits per heavy atom. The first-order valence-electron chi connectivity index (χ1n) is 6.45. The van der Waals surface area contributed by atoms with Gasteiger partial charge in [-0.05, 0) is 31.0 Å². The molecule has 0 bridgehead atoms. The maximum Gasteiger partial charge on any atom is 0.244 e. The van der Waals surface area contributed by atoms with Gasteiger partial charge in [-0.2, -0.15) is 5.10 Å². The highest BCUT2D eigenvalue weighted by Crippen LogP contribution is 2.11. The molecule has 0 aliphatic rings. The molecule has 0 saturated heterocycles. The van der Waals surface area contributed by atoms with Gasteiger partial charge in [0, 0.05) is 6.54 Å². The van der Waals surface area contributed by atoms with Crippen molar-refractivity contribution in [2.24, 2.45) is 0 Å². The largest absolute Gasteiger partial charge is 0.497 e. The van der Waals surface area contributed by atoms with Gasteiger partial charge >= 0.3 is 0 Å². The van der Waals surface area contributed by atoms with E-state index in [0.29, 0.717) is 6.54 Å². The molecule has 6 nitrogen and oxygen atoms in total. The number of benzene rings is 1. The van der Waals surface area contributed by atoms with Crippen LogP contribution in [0.3, 0.4) is 0 Å². The molecule has 0 fully saturated rings. The Labute approximate surface area is 117 Å². The molecule has 2 rings (SSSR count). The van der Waals surface area contributed by atoms with Gasteiger partial charge in [0.1, 0.15) is 24.4 Å². The molecule has 1 amide bonds. The number of carbonyl (C=O) groups is 1. The van der Waals surface area contributed by atoms with Crippen molar-refractivity contribution >= 4 is 5.91 Å². The molecule has 0 spiro atoms. The average molecular weight is 274 g/mol. The van der Waals surface area contributed by atoms with Gasteiger partial charge in [0.15, 0.2) is 0 Å². The topological polar surface area (TPSA) is 69.0 Å². The lowest BCUT2D eigenvalue weighted by molar-refractivity contribution is -0.124. The molecule has 1 atom stereocenters. The predicted octanol–water partition coefficient (Wildman–Crippen LogP) is 1.21. The van der Waals surface area contributed by atoms with E-state index in [9.17, 15) is 4.79 Å². The van der Waals surface area contributed by atoms with Gasteiger partial charge in [0.25, 0.3) is 0 Å². The second-order valence-corrected chi connectivity index (χ2v) is 4.44. The van der Waals surface area contributed by atoms with E-state index in [1.807, 2.05) is 24.3 Å². The molecule has 1 heterocycles. The fourth-order valence-corrected chi connectivity index (χ4v) is 1.81. The zero-order valence-corrected chi connectivity index (χ0v) is 11.6. The van der Waals surface area contributed by atoms with E-state index >= 15 is 0 Å². The molecule has 20 heavy (non-hydrogen) atoms. The minimum atomic E-state index is -0.353. The quantitative estimate of drug-likeness (QED) is 0.859. The van der Waals surface area contributed by atoms with Crippen molar-refractivity contribution in [3.05, 3.63) is 42.5 Å². The van der Waals surface area contributed by atoms with Crippen LogP contribution in [-0.2, 0) is 11.2 Å². The van der Waals surface area contributed by atoms with Gasteiger partial charge in [0.2, 0.25) is 5.91 Å². The lowest BCUT2D eigenvalue weighted by Gasteiger charge is -2.12. The minimum Gasteiger partial charge on any atom is -0.497 e. The summed E-state index contributed by atoms with van der Waals surface area (Å²) in [5.74, 6) is 0.765. The van der Waals surface area contributed by atoms with Crippen molar-refractivity contribution < 1.29 is 9.53 Å². The Morgan fingerprint density at radius 1 is 1.40 bits per heavy atom. The molecule has 0 aliphatic carbocycles. The fraction of sp³-hybridized carbons (Fsp3) is 0.357. The number of methoxy groups -OCH3 is 1. The van der Waals surface area contributed by atoms with Crippen molar-refractivity contribution in [2.45, 2.75) is 19.4 Å². The number of amides is 1. The number of ether oxygens (including phenoxy) is 1. The summed E-state index contributed by atoms with van der Waals surface area (Å²) in [6, 6.07) is 7.45. The monoisotopic (exact) mass is 274 g/mol. The lowest BCUT2D eigenvalue weighted by Crippen LogP contribution is -2.32. The van der Waals surface area contributed by atoms with E-state index in [4.69, 9.17) is 4.74 Å². The highest BCUT2D eigenvalue weighted by molar-refractivity contribution is 5.79. The third-order valence-corrected chi connectivity index (χ3v) is 3.08. The van der Waals surface area contributed by atoms with Gasteiger partial charge < -0.3 is 10.1 Å². The zero-order chi connectivity index (χ0) is 14.4. The van der Waals surface area contributed by atoms with Gasteiger partial charge in [-0.1, -0.05) is 12.1 Å². The van der Waals surface area contributed by atoms with Crippen LogP contribution in [-0.4, -0.2) is 34.3 Å². The summed E-state index contributed by atoms with van der Waals surface area (Å²) in [4.78, 5) is 15.7. The van der Waals surface area contributed by atoms with Crippen LogP contribution in [0.15, 0.2) is 36.9 Å². The third kappa shape index (κ3) is 3.57. The van der Waals surface area contributed by atoms with Crippen LogP contribution in [0.25, 0.3) is 0 Å². The SMILES string of the molecule is COc1ccc(CCNC(=O)[C@@H](C)n2cncn2)cc1. The van der Waals surface area contributed by atoms with E-state index < -0.39 is 0 Å². The van der Waals surface area contributed by atoms with Gasteiger partial charge in [-0.25, -0.2) is 9.67 Å². The maximum absolute atomic E-state index is 11.9. The number of hydrogen-bond donors (Lipinski definition) is 1. The van der Waals surface area contributed by atoms with E-state index in [1.165, 1.54) is 17.3 Å². The fourth-order valence-electron chi connectivity index (χ4n) is 1.81. The normalized spacial score (nSPS) is 11.9. The first-order valence-corrected chi connectivity index (χ1v) is 6.45.